The molecule has 0 radical (unpaired) electrons. The summed E-state index contributed by atoms with van der Waals surface area (Å²) in [5, 5.41) is 15.2. The first-order valence-electron chi connectivity index (χ1n) is 29.7. The number of phenolic OH excluding ortho intramolecular Hbond substituents is 1. The molecule has 5 nitrogen and oxygen atoms in total. The second kappa shape index (κ2) is 21.3. The van der Waals surface area contributed by atoms with Crippen LogP contribution in [0.2, 0.25) is 0 Å². The molecule has 0 saturated heterocycles. The van der Waals surface area contributed by atoms with Gasteiger partial charge in [-0.05, 0) is 126 Å². The monoisotopic (exact) mass is 1290 g/mol. The minimum atomic E-state index is -0.351. The molecule has 11 aromatic rings. The van der Waals surface area contributed by atoms with Crippen LogP contribution in [-0.4, -0.2) is 24.2 Å². The summed E-state index contributed by atoms with van der Waals surface area (Å²) in [6.45, 7) is 40.7. The van der Waals surface area contributed by atoms with Gasteiger partial charge < -0.3 is 9.67 Å². The minimum absolute atomic E-state index is 0. The molecule has 0 spiro atoms. The molecule has 84 heavy (non-hydrogen) atoms. The Hall–Kier alpha value is -7.33. The summed E-state index contributed by atoms with van der Waals surface area (Å²) in [4.78, 5) is 10.9. The first kappa shape index (κ1) is 59.8. The number of benzene rings is 8. The summed E-state index contributed by atoms with van der Waals surface area (Å²) in [5.41, 5.74) is 21.1. The van der Waals surface area contributed by atoms with Gasteiger partial charge >= 0.3 is 0 Å². The molecule has 3 aromatic heterocycles. The van der Waals surface area contributed by atoms with Crippen molar-refractivity contribution in [1.29, 1.82) is 0 Å². The molecular weight excluding hydrogens is 1200 g/mol. The number of imidazole rings is 1. The van der Waals surface area contributed by atoms with Crippen LogP contribution in [0.25, 0.3) is 100 Å². The van der Waals surface area contributed by atoms with Gasteiger partial charge in [0, 0.05) is 60.5 Å². The van der Waals surface area contributed by atoms with E-state index in [2.05, 4.69) is 304 Å². The fourth-order valence-corrected chi connectivity index (χ4v) is 11.8. The Balaban J connectivity index is 0.00000786. The number of aromatic nitrogens is 4. The molecule has 1 N–H and O–H groups in total. The van der Waals surface area contributed by atoms with Crippen LogP contribution in [0.3, 0.4) is 0 Å². The molecule has 0 aliphatic rings. The molecule has 0 bridgehead atoms. The van der Waals surface area contributed by atoms with Crippen molar-refractivity contribution in [3.05, 3.63) is 209 Å². The van der Waals surface area contributed by atoms with Crippen LogP contribution in [-0.2, 0) is 53.6 Å². The number of para-hydroxylation sites is 2. The number of fused-ring (bicyclic) bond motifs is 4. The summed E-state index contributed by atoms with van der Waals surface area (Å²) in [6, 6.07) is 64.1. The Labute approximate surface area is 514 Å². The van der Waals surface area contributed by atoms with Crippen LogP contribution in [0.1, 0.15) is 158 Å². The fraction of sp³-hybridized carbons (Fsp3) is 0.308. The second-order valence-electron chi connectivity index (χ2n) is 29.4. The average Bonchev–Trinajstić information content (AvgIpc) is 1.67. The third kappa shape index (κ3) is 11.1. The Morgan fingerprint density at radius 3 is 1.58 bits per heavy atom. The zero-order valence-corrected chi connectivity index (χ0v) is 55.0. The SMILES string of the molecule is CC(C)(C)c1cc(-c2cc(-c3cccc4c3c3ccccc3n4-c3cc(C(C)(C)C)cc(C(C)(C)C)c3)ccn2)[c-]c(-c2cccc3c2nc(-c2cc(C(C)(C)C)cc(C(C)(C)C)c2O)n3-c2ccc(C(C)(C)C)cc2-c2ccccc2)c1.[Pt]. The molecule has 0 saturated carbocycles. The summed E-state index contributed by atoms with van der Waals surface area (Å²) in [6.07, 6.45) is 1.95. The topological polar surface area (TPSA) is 55.9 Å². The third-order valence-electron chi connectivity index (χ3n) is 16.9. The number of rotatable bonds is 7. The van der Waals surface area contributed by atoms with Crippen LogP contribution in [0.4, 0.5) is 0 Å². The van der Waals surface area contributed by atoms with E-state index in [1.165, 1.54) is 38.7 Å². The van der Waals surface area contributed by atoms with E-state index in [1.54, 1.807) is 0 Å². The first-order chi connectivity index (χ1) is 38.9. The number of phenols is 1. The van der Waals surface area contributed by atoms with Gasteiger partial charge in [0.25, 0.3) is 0 Å². The van der Waals surface area contributed by atoms with Crippen molar-refractivity contribution in [2.45, 2.75) is 157 Å². The van der Waals surface area contributed by atoms with E-state index in [0.29, 0.717) is 11.4 Å². The van der Waals surface area contributed by atoms with E-state index in [9.17, 15) is 5.11 Å². The Morgan fingerprint density at radius 1 is 0.405 bits per heavy atom. The molecular formula is C78H83N4OPt-. The molecule has 11 rings (SSSR count). The average molecular weight is 1290 g/mol. The van der Waals surface area contributed by atoms with E-state index in [1.807, 2.05) is 6.20 Å². The van der Waals surface area contributed by atoms with Gasteiger partial charge in [-0.3, -0.25) is 9.55 Å². The van der Waals surface area contributed by atoms with E-state index < -0.39 is 0 Å². The summed E-state index contributed by atoms with van der Waals surface area (Å²) in [7, 11) is 0. The molecule has 0 fully saturated rings. The second-order valence-corrected chi connectivity index (χ2v) is 29.4. The van der Waals surface area contributed by atoms with E-state index in [4.69, 9.17) is 9.97 Å². The predicted octanol–water partition coefficient (Wildman–Crippen LogP) is 21.1. The minimum Gasteiger partial charge on any atom is -0.507 e. The van der Waals surface area contributed by atoms with Crippen LogP contribution in [0.15, 0.2) is 170 Å². The van der Waals surface area contributed by atoms with E-state index in [-0.39, 0.29) is 59.3 Å². The third-order valence-corrected chi connectivity index (χ3v) is 16.9. The number of pyridine rings is 1. The van der Waals surface area contributed by atoms with Crippen LogP contribution in [0.5, 0.6) is 5.75 Å². The molecule has 8 aromatic carbocycles. The Kier molecular flexibility index (Phi) is 15.2. The Bertz CT molecular complexity index is 4290. The Morgan fingerprint density at radius 2 is 0.952 bits per heavy atom. The number of hydrogen-bond acceptors (Lipinski definition) is 3. The molecule has 0 atom stereocenters. The quantitative estimate of drug-likeness (QED) is 0.162. The van der Waals surface area contributed by atoms with Gasteiger partial charge in [0.2, 0.25) is 0 Å². The van der Waals surface area contributed by atoms with Gasteiger partial charge in [0.15, 0.2) is 0 Å². The van der Waals surface area contributed by atoms with Crippen molar-refractivity contribution in [3.63, 3.8) is 0 Å². The number of nitrogens with zero attached hydrogens (tertiary/aromatic N) is 4. The van der Waals surface area contributed by atoms with E-state index in [0.717, 1.165) is 83.6 Å². The van der Waals surface area contributed by atoms with Crippen LogP contribution >= 0.6 is 0 Å². The maximum absolute atomic E-state index is 12.8. The van der Waals surface area contributed by atoms with Crippen molar-refractivity contribution in [2.24, 2.45) is 0 Å². The number of hydrogen-bond donors (Lipinski definition) is 1. The zero-order chi connectivity index (χ0) is 59.5. The van der Waals surface area contributed by atoms with Gasteiger partial charge in [-0.15, -0.1) is 29.3 Å². The van der Waals surface area contributed by atoms with Crippen molar-refractivity contribution in [1.82, 2.24) is 19.1 Å². The molecule has 0 aliphatic heterocycles. The molecule has 6 heteroatoms. The molecule has 3 heterocycles. The van der Waals surface area contributed by atoms with Crippen molar-refractivity contribution in [3.8, 4) is 73.2 Å². The van der Waals surface area contributed by atoms with Crippen LogP contribution < -0.4 is 0 Å². The fourth-order valence-electron chi connectivity index (χ4n) is 11.8. The maximum Gasteiger partial charge on any atom is 0.148 e. The van der Waals surface area contributed by atoms with Crippen molar-refractivity contribution < 1.29 is 26.2 Å². The van der Waals surface area contributed by atoms with Crippen LogP contribution in [0, 0.1) is 6.07 Å². The molecule has 0 unspecified atom stereocenters. The van der Waals surface area contributed by atoms with E-state index >= 15 is 0 Å². The summed E-state index contributed by atoms with van der Waals surface area (Å²) < 4.78 is 4.76. The van der Waals surface area contributed by atoms with Gasteiger partial charge in [-0.1, -0.05) is 233 Å². The summed E-state index contributed by atoms with van der Waals surface area (Å²) in [5.74, 6) is 0.922. The van der Waals surface area contributed by atoms with Gasteiger partial charge in [-0.25, -0.2) is 4.98 Å². The normalized spacial score (nSPS) is 12.8. The molecule has 0 aliphatic carbocycles. The smallest absolute Gasteiger partial charge is 0.148 e. The largest absolute Gasteiger partial charge is 0.507 e. The van der Waals surface area contributed by atoms with Gasteiger partial charge in [0.05, 0.1) is 33.3 Å². The molecule has 432 valence electrons. The van der Waals surface area contributed by atoms with Crippen molar-refractivity contribution in [2.75, 3.05) is 0 Å². The standard InChI is InChI=1S/C78H83N4O.Pt/c1-73(2,3)52-34-35-66(61(45-52)48-26-20-19-21-27-48)82-68-33-25-30-59(70(68)80-72(82)62-46-56(77(13,14)15)47-63(71(62)83)78(16,17)18)50-38-51(40-53(39-50)74(4,5)6)64-41-49(36-37-79-64)58-29-24-32-67-69(58)60-28-22-23-31-65(60)81(67)57-43-54(75(7,8)9)42-55(44-57)76(10,11)12;/h19-37,39-47,83H,1-18H3;/q-1;. The molecule has 0 amide bonds. The first-order valence-corrected chi connectivity index (χ1v) is 29.7. The zero-order valence-electron chi connectivity index (χ0n) is 52.7. The van der Waals surface area contributed by atoms with Crippen molar-refractivity contribution >= 4 is 32.8 Å². The maximum atomic E-state index is 12.8. The van der Waals surface area contributed by atoms with Gasteiger partial charge in [0.1, 0.15) is 11.6 Å². The van der Waals surface area contributed by atoms with Gasteiger partial charge in [-0.2, -0.15) is 0 Å². The summed E-state index contributed by atoms with van der Waals surface area (Å²) >= 11 is 0. The predicted molar refractivity (Wildman–Crippen MR) is 353 cm³/mol. The number of aromatic hydroxyl groups is 1.